The molecule has 0 aliphatic carbocycles. The molecular weight excluding hydrogens is 202 g/mol. The number of amides is 1. The molecule has 1 aromatic rings. The van der Waals surface area contributed by atoms with E-state index in [9.17, 15) is 4.79 Å². The first-order chi connectivity index (χ1) is 7.58. The highest BCUT2D eigenvalue weighted by Gasteiger charge is 2.10. The number of rotatable bonds is 4. The Morgan fingerprint density at radius 3 is 2.62 bits per heavy atom. The van der Waals surface area contributed by atoms with Crippen molar-refractivity contribution in [1.82, 2.24) is 0 Å². The van der Waals surface area contributed by atoms with E-state index in [1.807, 2.05) is 32.0 Å². The zero-order valence-electron chi connectivity index (χ0n) is 10.3. The van der Waals surface area contributed by atoms with Crippen LogP contribution in [-0.4, -0.2) is 13.0 Å². The summed E-state index contributed by atoms with van der Waals surface area (Å²) in [4.78, 5) is 11.6. The number of aryl methyl sites for hydroxylation is 1. The Morgan fingerprint density at radius 2 is 2.12 bits per heavy atom. The Hall–Kier alpha value is -1.51. The largest absolute Gasteiger partial charge is 0.495 e. The quantitative estimate of drug-likeness (QED) is 0.849. The highest BCUT2D eigenvalue weighted by Crippen LogP contribution is 2.26. The monoisotopic (exact) mass is 221 g/mol. The SMILES string of the molecule is CCc1ccc(OC)c(NC(=O)C(C)C)c1. The molecule has 0 atom stereocenters. The van der Waals surface area contributed by atoms with Crippen molar-refractivity contribution in [2.45, 2.75) is 27.2 Å². The molecule has 0 saturated heterocycles. The number of methoxy groups -OCH3 is 1. The maximum Gasteiger partial charge on any atom is 0.227 e. The van der Waals surface area contributed by atoms with Gasteiger partial charge in [-0.15, -0.1) is 0 Å². The minimum Gasteiger partial charge on any atom is -0.495 e. The van der Waals surface area contributed by atoms with Crippen molar-refractivity contribution in [3.63, 3.8) is 0 Å². The summed E-state index contributed by atoms with van der Waals surface area (Å²) in [7, 11) is 1.60. The molecule has 88 valence electrons. The second-order valence-electron chi connectivity index (χ2n) is 4.03. The van der Waals surface area contributed by atoms with E-state index in [0.717, 1.165) is 12.1 Å². The molecule has 3 heteroatoms. The van der Waals surface area contributed by atoms with Gasteiger partial charge in [-0.3, -0.25) is 4.79 Å². The highest BCUT2D eigenvalue weighted by atomic mass is 16.5. The lowest BCUT2D eigenvalue weighted by atomic mass is 10.1. The molecule has 16 heavy (non-hydrogen) atoms. The molecule has 1 amide bonds. The number of ether oxygens (including phenoxy) is 1. The van der Waals surface area contributed by atoms with E-state index in [1.165, 1.54) is 5.56 Å². The van der Waals surface area contributed by atoms with E-state index < -0.39 is 0 Å². The van der Waals surface area contributed by atoms with Crippen molar-refractivity contribution in [2.75, 3.05) is 12.4 Å². The molecule has 0 unspecified atom stereocenters. The van der Waals surface area contributed by atoms with E-state index in [-0.39, 0.29) is 11.8 Å². The number of benzene rings is 1. The fraction of sp³-hybridized carbons (Fsp3) is 0.462. The van der Waals surface area contributed by atoms with Crippen LogP contribution in [0.1, 0.15) is 26.3 Å². The van der Waals surface area contributed by atoms with Gasteiger partial charge < -0.3 is 10.1 Å². The van der Waals surface area contributed by atoms with Crippen LogP contribution in [0.15, 0.2) is 18.2 Å². The average molecular weight is 221 g/mol. The van der Waals surface area contributed by atoms with Crippen LogP contribution in [0.2, 0.25) is 0 Å². The second kappa shape index (κ2) is 5.54. The summed E-state index contributed by atoms with van der Waals surface area (Å²) in [6.45, 7) is 5.81. The smallest absolute Gasteiger partial charge is 0.227 e. The lowest BCUT2D eigenvalue weighted by molar-refractivity contribution is -0.118. The Kier molecular flexibility index (Phi) is 4.35. The summed E-state index contributed by atoms with van der Waals surface area (Å²) in [6.07, 6.45) is 0.939. The van der Waals surface area contributed by atoms with Crippen LogP contribution in [-0.2, 0) is 11.2 Å². The fourth-order valence-electron chi connectivity index (χ4n) is 1.35. The molecule has 0 heterocycles. The van der Waals surface area contributed by atoms with E-state index >= 15 is 0 Å². The molecule has 1 aromatic carbocycles. The van der Waals surface area contributed by atoms with Crippen molar-refractivity contribution in [3.8, 4) is 5.75 Å². The molecule has 0 spiro atoms. The Morgan fingerprint density at radius 1 is 1.44 bits per heavy atom. The normalized spacial score (nSPS) is 10.3. The van der Waals surface area contributed by atoms with Gasteiger partial charge >= 0.3 is 0 Å². The van der Waals surface area contributed by atoms with Crippen molar-refractivity contribution in [2.24, 2.45) is 5.92 Å². The van der Waals surface area contributed by atoms with Crippen molar-refractivity contribution < 1.29 is 9.53 Å². The molecular formula is C13H19NO2. The predicted molar refractivity (Wildman–Crippen MR) is 65.8 cm³/mol. The van der Waals surface area contributed by atoms with Crippen LogP contribution < -0.4 is 10.1 Å². The Labute approximate surface area is 96.8 Å². The molecule has 0 fully saturated rings. The fourth-order valence-corrected chi connectivity index (χ4v) is 1.35. The minimum atomic E-state index is -0.0324. The Balaban J connectivity index is 2.95. The van der Waals surface area contributed by atoms with Crippen LogP contribution in [0, 0.1) is 5.92 Å². The maximum atomic E-state index is 11.6. The number of hydrogen-bond donors (Lipinski definition) is 1. The van der Waals surface area contributed by atoms with Crippen LogP contribution in [0.3, 0.4) is 0 Å². The summed E-state index contributed by atoms with van der Waals surface area (Å²) >= 11 is 0. The summed E-state index contributed by atoms with van der Waals surface area (Å²) in [6, 6.07) is 5.84. The van der Waals surface area contributed by atoms with Gasteiger partial charge in [0.05, 0.1) is 12.8 Å². The first-order valence-electron chi connectivity index (χ1n) is 5.56. The molecule has 1 N–H and O–H groups in total. The third-order valence-corrected chi connectivity index (χ3v) is 2.45. The average Bonchev–Trinajstić information content (AvgIpc) is 2.28. The second-order valence-corrected chi connectivity index (χ2v) is 4.03. The third-order valence-electron chi connectivity index (χ3n) is 2.45. The number of carbonyl (C=O) groups is 1. The van der Waals surface area contributed by atoms with E-state index in [0.29, 0.717) is 5.75 Å². The van der Waals surface area contributed by atoms with Gasteiger partial charge in [-0.05, 0) is 24.1 Å². The topological polar surface area (TPSA) is 38.3 Å². The van der Waals surface area contributed by atoms with Gasteiger partial charge in [-0.1, -0.05) is 26.8 Å². The van der Waals surface area contributed by atoms with Crippen LogP contribution in [0.4, 0.5) is 5.69 Å². The molecule has 0 radical (unpaired) electrons. The zero-order valence-corrected chi connectivity index (χ0v) is 10.3. The lowest BCUT2D eigenvalue weighted by Crippen LogP contribution is -2.18. The van der Waals surface area contributed by atoms with E-state index in [4.69, 9.17) is 4.74 Å². The summed E-state index contributed by atoms with van der Waals surface area (Å²) < 4.78 is 5.21. The van der Waals surface area contributed by atoms with Crippen LogP contribution in [0.5, 0.6) is 5.75 Å². The number of hydrogen-bond acceptors (Lipinski definition) is 2. The van der Waals surface area contributed by atoms with E-state index in [1.54, 1.807) is 7.11 Å². The van der Waals surface area contributed by atoms with Crippen molar-refractivity contribution >= 4 is 11.6 Å². The molecule has 3 nitrogen and oxygen atoms in total. The summed E-state index contributed by atoms with van der Waals surface area (Å²) in [5.41, 5.74) is 1.93. The van der Waals surface area contributed by atoms with E-state index in [2.05, 4.69) is 12.2 Å². The summed E-state index contributed by atoms with van der Waals surface area (Å²) in [5, 5.41) is 2.87. The zero-order chi connectivity index (χ0) is 12.1. The lowest BCUT2D eigenvalue weighted by Gasteiger charge is -2.12. The third kappa shape index (κ3) is 2.99. The number of nitrogens with one attached hydrogen (secondary N) is 1. The van der Waals surface area contributed by atoms with Gasteiger partial charge in [0, 0.05) is 5.92 Å². The van der Waals surface area contributed by atoms with Gasteiger partial charge in [0.15, 0.2) is 0 Å². The van der Waals surface area contributed by atoms with Crippen molar-refractivity contribution in [1.29, 1.82) is 0 Å². The van der Waals surface area contributed by atoms with Crippen molar-refractivity contribution in [3.05, 3.63) is 23.8 Å². The molecule has 1 rings (SSSR count). The molecule has 0 bridgehead atoms. The number of anilines is 1. The first-order valence-corrected chi connectivity index (χ1v) is 5.56. The van der Waals surface area contributed by atoms with Gasteiger partial charge in [0.25, 0.3) is 0 Å². The first kappa shape index (κ1) is 12.6. The predicted octanol–water partition coefficient (Wildman–Crippen LogP) is 2.85. The highest BCUT2D eigenvalue weighted by molar-refractivity contribution is 5.93. The maximum absolute atomic E-state index is 11.6. The van der Waals surface area contributed by atoms with Gasteiger partial charge in [-0.2, -0.15) is 0 Å². The van der Waals surface area contributed by atoms with Gasteiger partial charge in [-0.25, -0.2) is 0 Å². The molecule has 0 saturated carbocycles. The summed E-state index contributed by atoms with van der Waals surface area (Å²) in [5.74, 6) is 0.674. The van der Waals surface area contributed by atoms with Crippen LogP contribution >= 0.6 is 0 Å². The Bertz CT molecular complexity index is 372. The molecule has 0 aromatic heterocycles. The molecule has 0 aliphatic rings. The van der Waals surface area contributed by atoms with Gasteiger partial charge in [0.2, 0.25) is 5.91 Å². The van der Waals surface area contributed by atoms with Crippen LogP contribution in [0.25, 0.3) is 0 Å². The standard InChI is InChI=1S/C13H19NO2/c1-5-10-6-7-12(16-4)11(8-10)14-13(15)9(2)3/h6-9H,5H2,1-4H3,(H,14,15). The number of carbonyl (C=O) groups excluding carboxylic acids is 1. The molecule has 0 aliphatic heterocycles. The minimum absolute atomic E-state index is 0.00607. The van der Waals surface area contributed by atoms with Gasteiger partial charge in [0.1, 0.15) is 5.75 Å².